The molecule has 1 amide bonds. The SMILES string of the molecule is CSNC(=O)c1cccc(NCc2cc([N+](=O)[O-])ccc2O)c1. The summed E-state index contributed by atoms with van der Waals surface area (Å²) < 4.78 is 2.63. The number of benzene rings is 2. The lowest BCUT2D eigenvalue weighted by Crippen LogP contribution is -2.15. The van der Waals surface area contributed by atoms with Crippen molar-refractivity contribution >= 4 is 29.2 Å². The summed E-state index contributed by atoms with van der Waals surface area (Å²) in [6.45, 7) is 0.196. The number of nitrogens with one attached hydrogen (secondary N) is 2. The van der Waals surface area contributed by atoms with E-state index < -0.39 is 4.92 Å². The van der Waals surface area contributed by atoms with Gasteiger partial charge in [-0.15, -0.1) is 0 Å². The second kappa shape index (κ2) is 7.50. The van der Waals surface area contributed by atoms with Gasteiger partial charge in [0.25, 0.3) is 11.6 Å². The Morgan fingerprint density at radius 1 is 1.30 bits per heavy atom. The average molecular weight is 333 g/mol. The number of hydrogen-bond acceptors (Lipinski definition) is 6. The topological polar surface area (TPSA) is 104 Å². The third-order valence-corrected chi connectivity index (χ3v) is 3.47. The van der Waals surface area contributed by atoms with Gasteiger partial charge >= 0.3 is 0 Å². The molecule has 0 fully saturated rings. The molecule has 0 aliphatic carbocycles. The lowest BCUT2D eigenvalue weighted by Gasteiger charge is -2.09. The first-order chi connectivity index (χ1) is 11.0. The zero-order valence-corrected chi connectivity index (χ0v) is 13.1. The molecule has 3 N–H and O–H groups in total. The summed E-state index contributed by atoms with van der Waals surface area (Å²) in [7, 11) is 0. The van der Waals surface area contributed by atoms with Crippen molar-refractivity contribution in [2.75, 3.05) is 11.6 Å². The van der Waals surface area contributed by atoms with Crippen molar-refractivity contribution in [3.63, 3.8) is 0 Å². The molecule has 2 aromatic carbocycles. The van der Waals surface area contributed by atoms with Crippen LogP contribution < -0.4 is 10.0 Å². The summed E-state index contributed by atoms with van der Waals surface area (Å²) in [5, 5.41) is 23.6. The van der Waals surface area contributed by atoms with Gasteiger partial charge < -0.3 is 10.4 Å². The molecular weight excluding hydrogens is 318 g/mol. The third-order valence-electron chi connectivity index (χ3n) is 3.08. The minimum atomic E-state index is -0.518. The summed E-state index contributed by atoms with van der Waals surface area (Å²) in [6.07, 6.45) is 1.76. The first-order valence-electron chi connectivity index (χ1n) is 6.65. The Kier molecular flexibility index (Phi) is 5.42. The largest absolute Gasteiger partial charge is 0.508 e. The number of anilines is 1. The quantitative estimate of drug-likeness (QED) is 0.426. The van der Waals surface area contributed by atoms with E-state index in [1.165, 1.54) is 30.1 Å². The predicted octanol–water partition coefficient (Wildman–Crippen LogP) is 2.92. The van der Waals surface area contributed by atoms with E-state index in [4.69, 9.17) is 0 Å². The standard InChI is InChI=1S/C15H15N3O4S/c1-23-17-15(20)10-3-2-4-12(7-10)16-9-11-8-13(18(21)22)5-6-14(11)19/h2-8,16,19H,9H2,1H3,(H,17,20). The van der Waals surface area contributed by atoms with Gasteiger partial charge in [0.1, 0.15) is 5.75 Å². The van der Waals surface area contributed by atoms with Crippen molar-refractivity contribution in [3.8, 4) is 5.75 Å². The second-order valence-corrected chi connectivity index (χ2v) is 5.25. The molecule has 0 saturated carbocycles. The smallest absolute Gasteiger partial charge is 0.270 e. The lowest BCUT2D eigenvalue weighted by atomic mass is 10.1. The Hall–Kier alpha value is -2.74. The highest BCUT2D eigenvalue weighted by Crippen LogP contribution is 2.24. The number of carbonyl (C=O) groups excluding carboxylic acids is 1. The van der Waals surface area contributed by atoms with Crippen LogP contribution in [0.5, 0.6) is 5.75 Å². The molecule has 23 heavy (non-hydrogen) atoms. The Labute approximate surface area is 137 Å². The molecule has 0 heterocycles. The summed E-state index contributed by atoms with van der Waals surface area (Å²) >= 11 is 1.21. The monoisotopic (exact) mass is 333 g/mol. The van der Waals surface area contributed by atoms with Gasteiger partial charge in [-0.05, 0) is 24.3 Å². The molecular formula is C15H15N3O4S. The highest BCUT2D eigenvalue weighted by Gasteiger charge is 2.10. The molecule has 7 nitrogen and oxygen atoms in total. The van der Waals surface area contributed by atoms with Crippen LogP contribution in [-0.4, -0.2) is 22.2 Å². The summed E-state index contributed by atoms with van der Waals surface area (Å²) in [5.41, 5.74) is 1.48. The molecule has 0 unspecified atom stereocenters. The maximum atomic E-state index is 11.8. The Morgan fingerprint density at radius 2 is 2.09 bits per heavy atom. The number of hydrogen-bond donors (Lipinski definition) is 3. The van der Waals surface area contributed by atoms with Crippen LogP contribution in [-0.2, 0) is 6.54 Å². The van der Waals surface area contributed by atoms with Crippen molar-refractivity contribution in [1.29, 1.82) is 0 Å². The highest BCUT2D eigenvalue weighted by atomic mass is 32.2. The first kappa shape index (κ1) is 16.6. The van der Waals surface area contributed by atoms with E-state index in [2.05, 4.69) is 10.0 Å². The predicted molar refractivity (Wildman–Crippen MR) is 89.5 cm³/mol. The van der Waals surface area contributed by atoms with Crippen molar-refractivity contribution in [2.24, 2.45) is 0 Å². The normalized spacial score (nSPS) is 10.1. The fourth-order valence-electron chi connectivity index (χ4n) is 1.95. The molecule has 0 radical (unpaired) electrons. The van der Waals surface area contributed by atoms with E-state index in [-0.39, 0.29) is 23.9 Å². The number of rotatable bonds is 6. The molecule has 8 heteroatoms. The van der Waals surface area contributed by atoms with Crippen LogP contribution in [0.25, 0.3) is 0 Å². The lowest BCUT2D eigenvalue weighted by molar-refractivity contribution is -0.384. The van der Waals surface area contributed by atoms with Crippen LogP contribution >= 0.6 is 11.9 Å². The zero-order chi connectivity index (χ0) is 16.8. The van der Waals surface area contributed by atoms with Gasteiger partial charge in [-0.2, -0.15) is 0 Å². The van der Waals surface area contributed by atoms with Crippen molar-refractivity contribution in [1.82, 2.24) is 4.72 Å². The number of nitro groups is 1. The van der Waals surface area contributed by atoms with Crippen LogP contribution in [0.3, 0.4) is 0 Å². The molecule has 0 atom stereocenters. The van der Waals surface area contributed by atoms with Crippen molar-refractivity contribution in [2.45, 2.75) is 6.54 Å². The Balaban J connectivity index is 2.12. The molecule has 120 valence electrons. The van der Waals surface area contributed by atoms with Gasteiger partial charge in [0.2, 0.25) is 0 Å². The highest BCUT2D eigenvalue weighted by molar-refractivity contribution is 7.97. The number of phenols is 1. The van der Waals surface area contributed by atoms with E-state index in [0.717, 1.165) is 0 Å². The molecule has 0 saturated heterocycles. The van der Waals surface area contributed by atoms with E-state index in [1.54, 1.807) is 30.5 Å². The van der Waals surface area contributed by atoms with Crippen LogP contribution in [0.1, 0.15) is 15.9 Å². The molecule has 0 aliphatic heterocycles. The summed E-state index contributed by atoms with van der Waals surface area (Å²) in [5.74, 6) is -0.237. The van der Waals surface area contributed by atoms with Gasteiger partial charge in [-0.1, -0.05) is 18.0 Å². The van der Waals surface area contributed by atoms with E-state index >= 15 is 0 Å². The van der Waals surface area contributed by atoms with Gasteiger partial charge in [0.15, 0.2) is 0 Å². The molecule has 0 spiro atoms. The number of non-ortho nitro benzene ring substituents is 1. The Bertz CT molecular complexity index is 736. The van der Waals surface area contributed by atoms with Crippen LogP contribution in [0.4, 0.5) is 11.4 Å². The van der Waals surface area contributed by atoms with E-state index in [9.17, 15) is 20.0 Å². The van der Waals surface area contributed by atoms with Crippen molar-refractivity contribution in [3.05, 3.63) is 63.7 Å². The van der Waals surface area contributed by atoms with Gasteiger partial charge in [-0.3, -0.25) is 19.6 Å². The maximum absolute atomic E-state index is 11.8. The average Bonchev–Trinajstić information content (AvgIpc) is 2.54. The van der Waals surface area contributed by atoms with Crippen LogP contribution in [0.2, 0.25) is 0 Å². The van der Waals surface area contributed by atoms with Gasteiger partial charge in [0, 0.05) is 41.7 Å². The number of nitro benzene ring substituents is 1. The third kappa shape index (κ3) is 4.36. The molecule has 0 bridgehead atoms. The number of amides is 1. The molecule has 2 rings (SSSR count). The van der Waals surface area contributed by atoms with E-state index in [0.29, 0.717) is 16.8 Å². The molecule has 2 aromatic rings. The first-order valence-corrected chi connectivity index (χ1v) is 7.87. The zero-order valence-electron chi connectivity index (χ0n) is 12.3. The fourth-order valence-corrected chi connectivity index (χ4v) is 2.25. The van der Waals surface area contributed by atoms with Gasteiger partial charge in [0.05, 0.1) is 4.92 Å². The number of nitrogens with zero attached hydrogens (tertiary/aromatic N) is 1. The summed E-state index contributed by atoms with van der Waals surface area (Å²) in [4.78, 5) is 22.0. The fraction of sp³-hybridized carbons (Fsp3) is 0.133. The molecule has 0 aliphatic rings. The Morgan fingerprint density at radius 3 is 2.78 bits per heavy atom. The van der Waals surface area contributed by atoms with Gasteiger partial charge in [-0.25, -0.2) is 0 Å². The summed E-state index contributed by atoms with van der Waals surface area (Å²) in [6, 6.07) is 10.7. The number of aromatic hydroxyl groups is 1. The van der Waals surface area contributed by atoms with Crippen LogP contribution in [0.15, 0.2) is 42.5 Å². The maximum Gasteiger partial charge on any atom is 0.270 e. The molecule has 0 aromatic heterocycles. The number of carbonyl (C=O) groups is 1. The van der Waals surface area contributed by atoms with Crippen molar-refractivity contribution < 1.29 is 14.8 Å². The second-order valence-electron chi connectivity index (χ2n) is 4.64. The minimum Gasteiger partial charge on any atom is -0.508 e. The van der Waals surface area contributed by atoms with Crippen LogP contribution in [0, 0.1) is 10.1 Å². The number of phenolic OH excluding ortho intramolecular Hbond substituents is 1. The minimum absolute atomic E-state index is 0.0284. The van der Waals surface area contributed by atoms with E-state index in [1.807, 2.05) is 0 Å².